The average molecular weight is 305 g/mol. The number of benzene rings is 1. The van der Waals surface area contributed by atoms with Crippen LogP contribution < -0.4 is 4.74 Å². The van der Waals surface area contributed by atoms with Gasteiger partial charge in [-0.3, -0.25) is 0 Å². The Morgan fingerprint density at radius 2 is 2.25 bits per heavy atom. The molecule has 0 spiro atoms. The number of thiazole rings is 1. The molecule has 2 aromatic heterocycles. The van der Waals surface area contributed by atoms with Crippen LogP contribution in [-0.2, 0) is 4.79 Å². The number of thiophene rings is 1. The maximum Gasteiger partial charge on any atom is 0.344 e. The Morgan fingerprint density at radius 3 is 2.95 bits per heavy atom. The summed E-state index contributed by atoms with van der Waals surface area (Å²) < 4.78 is 6.36. The second-order valence-corrected chi connectivity index (χ2v) is 6.20. The van der Waals surface area contributed by atoms with E-state index >= 15 is 0 Å². The van der Waals surface area contributed by atoms with Crippen LogP contribution in [0.4, 0.5) is 0 Å². The van der Waals surface area contributed by atoms with E-state index in [-0.39, 0.29) is 0 Å². The van der Waals surface area contributed by atoms with Gasteiger partial charge in [0, 0.05) is 0 Å². The summed E-state index contributed by atoms with van der Waals surface area (Å²) in [6.07, 6.45) is -0.864. The molecule has 3 aromatic rings. The molecule has 0 aliphatic carbocycles. The standard InChI is InChI=1S/C14H11NO3S2/c1-8(14(16)17)18-9-4-5-10-12(7-9)20-13(15-10)11-3-2-6-19-11/h2-8H,1H3,(H,16,17). The van der Waals surface area contributed by atoms with Gasteiger partial charge in [-0.05, 0) is 36.6 Å². The van der Waals surface area contributed by atoms with Crippen LogP contribution in [0.3, 0.4) is 0 Å². The number of carboxylic acid groups (broad SMARTS) is 1. The van der Waals surface area contributed by atoms with Gasteiger partial charge in [0.15, 0.2) is 6.10 Å². The largest absolute Gasteiger partial charge is 0.479 e. The van der Waals surface area contributed by atoms with Gasteiger partial charge in [-0.1, -0.05) is 6.07 Å². The van der Waals surface area contributed by atoms with Crippen LogP contribution in [0, 0.1) is 0 Å². The molecule has 0 bridgehead atoms. The molecule has 1 atom stereocenters. The molecule has 0 saturated carbocycles. The molecule has 20 heavy (non-hydrogen) atoms. The van der Waals surface area contributed by atoms with Gasteiger partial charge in [-0.25, -0.2) is 9.78 Å². The van der Waals surface area contributed by atoms with Gasteiger partial charge < -0.3 is 9.84 Å². The fourth-order valence-corrected chi connectivity index (χ4v) is 3.53. The Kier molecular flexibility index (Phi) is 3.42. The van der Waals surface area contributed by atoms with Crippen molar-refractivity contribution in [1.29, 1.82) is 0 Å². The first-order chi connectivity index (χ1) is 9.63. The Labute approximate surface area is 123 Å². The predicted octanol–water partition coefficient (Wildman–Crippen LogP) is 3.88. The number of ether oxygens (including phenoxy) is 1. The van der Waals surface area contributed by atoms with Crippen molar-refractivity contribution in [2.24, 2.45) is 0 Å². The van der Waals surface area contributed by atoms with Crippen LogP contribution in [0.2, 0.25) is 0 Å². The van der Waals surface area contributed by atoms with Crippen molar-refractivity contribution in [1.82, 2.24) is 4.98 Å². The zero-order valence-corrected chi connectivity index (χ0v) is 12.2. The van der Waals surface area contributed by atoms with Crippen molar-refractivity contribution in [3.8, 4) is 15.6 Å². The Balaban J connectivity index is 1.93. The van der Waals surface area contributed by atoms with E-state index in [1.165, 1.54) is 6.92 Å². The summed E-state index contributed by atoms with van der Waals surface area (Å²) in [7, 11) is 0. The molecule has 0 fully saturated rings. The van der Waals surface area contributed by atoms with Crippen molar-refractivity contribution in [2.75, 3.05) is 0 Å². The molecular weight excluding hydrogens is 294 g/mol. The van der Waals surface area contributed by atoms with E-state index in [9.17, 15) is 4.79 Å². The first kappa shape index (κ1) is 13.1. The lowest BCUT2D eigenvalue weighted by Crippen LogP contribution is -2.22. The normalized spacial score (nSPS) is 12.4. The molecule has 0 saturated heterocycles. The van der Waals surface area contributed by atoms with E-state index in [1.54, 1.807) is 28.7 Å². The minimum Gasteiger partial charge on any atom is -0.479 e. The summed E-state index contributed by atoms with van der Waals surface area (Å²) in [4.78, 5) is 16.5. The summed E-state index contributed by atoms with van der Waals surface area (Å²) in [5.41, 5.74) is 0.897. The topological polar surface area (TPSA) is 59.4 Å². The quantitative estimate of drug-likeness (QED) is 0.794. The lowest BCUT2D eigenvalue weighted by atomic mass is 10.3. The second kappa shape index (κ2) is 5.22. The van der Waals surface area contributed by atoms with Crippen molar-refractivity contribution in [2.45, 2.75) is 13.0 Å². The number of fused-ring (bicyclic) bond motifs is 1. The predicted molar refractivity (Wildman–Crippen MR) is 80.7 cm³/mol. The van der Waals surface area contributed by atoms with E-state index in [0.717, 1.165) is 20.1 Å². The van der Waals surface area contributed by atoms with E-state index in [1.807, 2.05) is 29.6 Å². The minimum absolute atomic E-state index is 0.550. The SMILES string of the molecule is CC(Oc1ccc2nc(-c3cccs3)sc2c1)C(=O)O. The zero-order valence-electron chi connectivity index (χ0n) is 10.6. The highest BCUT2D eigenvalue weighted by Gasteiger charge is 2.13. The molecule has 0 radical (unpaired) electrons. The molecule has 102 valence electrons. The lowest BCUT2D eigenvalue weighted by molar-refractivity contribution is -0.144. The van der Waals surface area contributed by atoms with Crippen LogP contribution in [0.5, 0.6) is 5.75 Å². The number of nitrogens with zero attached hydrogens (tertiary/aromatic N) is 1. The molecule has 1 unspecified atom stereocenters. The lowest BCUT2D eigenvalue weighted by Gasteiger charge is -2.09. The van der Waals surface area contributed by atoms with E-state index in [2.05, 4.69) is 4.98 Å². The molecule has 4 nitrogen and oxygen atoms in total. The second-order valence-electron chi connectivity index (χ2n) is 4.22. The smallest absolute Gasteiger partial charge is 0.344 e. The van der Waals surface area contributed by atoms with Crippen LogP contribution in [-0.4, -0.2) is 22.2 Å². The molecule has 1 N–H and O–H groups in total. The molecule has 3 rings (SSSR count). The molecule has 6 heteroatoms. The third-order valence-electron chi connectivity index (χ3n) is 2.75. The van der Waals surface area contributed by atoms with Crippen molar-refractivity contribution >= 4 is 38.9 Å². The van der Waals surface area contributed by atoms with Crippen molar-refractivity contribution < 1.29 is 14.6 Å². The summed E-state index contributed by atoms with van der Waals surface area (Å²) in [6.45, 7) is 1.51. The number of hydrogen-bond donors (Lipinski definition) is 1. The number of carbonyl (C=O) groups is 1. The zero-order chi connectivity index (χ0) is 14.1. The fraction of sp³-hybridized carbons (Fsp3) is 0.143. The number of aromatic nitrogens is 1. The summed E-state index contributed by atoms with van der Waals surface area (Å²) in [6, 6.07) is 9.47. The summed E-state index contributed by atoms with van der Waals surface area (Å²) >= 11 is 3.23. The van der Waals surface area contributed by atoms with Crippen LogP contribution in [0.1, 0.15) is 6.92 Å². The van der Waals surface area contributed by atoms with Gasteiger partial charge in [-0.15, -0.1) is 22.7 Å². The van der Waals surface area contributed by atoms with Gasteiger partial charge in [0.1, 0.15) is 10.8 Å². The third-order valence-corrected chi connectivity index (χ3v) is 4.81. The Hall–Kier alpha value is -1.92. The first-order valence-electron chi connectivity index (χ1n) is 5.97. The van der Waals surface area contributed by atoms with E-state index < -0.39 is 12.1 Å². The molecule has 2 heterocycles. The summed E-state index contributed by atoms with van der Waals surface area (Å²) in [5.74, 6) is -0.428. The maximum absolute atomic E-state index is 10.8. The first-order valence-corrected chi connectivity index (χ1v) is 7.67. The monoisotopic (exact) mass is 305 g/mol. The Morgan fingerprint density at radius 1 is 1.40 bits per heavy atom. The van der Waals surface area contributed by atoms with Crippen molar-refractivity contribution in [3.63, 3.8) is 0 Å². The molecule has 0 aliphatic heterocycles. The highest BCUT2D eigenvalue weighted by molar-refractivity contribution is 7.25. The van der Waals surface area contributed by atoms with Crippen LogP contribution in [0.15, 0.2) is 35.7 Å². The number of rotatable bonds is 4. The molecular formula is C14H11NO3S2. The number of hydrogen-bond acceptors (Lipinski definition) is 5. The van der Waals surface area contributed by atoms with E-state index in [0.29, 0.717) is 5.75 Å². The van der Waals surface area contributed by atoms with Gasteiger partial charge >= 0.3 is 5.97 Å². The molecule has 0 amide bonds. The van der Waals surface area contributed by atoms with Gasteiger partial charge in [0.05, 0.1) is 15.1 Å². The number of aliphatic carboxylic acids is 1. The highest BCUT2D eigenvalue weighted by atomic mass is 32.1. The maximum atomic E-state index is 10.8. The van der Waals surface area contributed by atoms with Gasteiger partial charge in [0.25, 0.3) is 0 Å². The highest BCUT2D eigenvalue weighted by Crippen LogP contribution is 2.34. The Bertz CT molecular complexity index is 749. The van der Waals surface area contributed by atoms with Gasteiger partial charge in [-0.2, -0.15) is 0 Å². The molecule has 1 aromatic carbocycles. The van der Waals surface area contributed by atoms with Crippen LogP contribution in [0.25, 0.3) is 20.1 Å². The fourth-order valence-electron chi connectivity index (χ4n) is 1.74. The van der Waals surface area contributed by atoms with Crippen molar-refractivity contribution in [3.05, 3.63) is 35.7 Å². The van der Waals surface area contributed by atoms with Gasteiger partial charge in [0.2, 0.25) is 0 Å². The minimum atomic E-state index is -0.978. The number of carboxylic acids is 1. The average Bonchev–Trinajstić information content (AvgIpc) is 3.06. The summed E-state index contributed by atoms with van der Waals surface area (Å²) in [5, 5.41) is 11.8. The van der Waals surface area contributed by atoms with Crippen LogP contribution >= 0.6 is 22.7 Å². The molecule has 0 aliphatic rings. The van der Waals surface area contributed by atoms with E-state index in [4.69, 9.17) is 9.84 Å². The third kappa shape index (κ3) is 2.52.